The first-order valence-corrected chi connectivity index (χ1v) is 8.06. The van der Waals surface area contributed by atoms with Crippen molar-refractivity contribution in [3.05, 3.63) is 69.7 Å². The Hall–Kier alpha value is -1.77. The van der Waals surface area contributed by atoms with E-state index in [1.807, 2.05) is 12.1 Å². The number of anilines is 1. The van der Waals surface area contributed by atoms with Gasteiger partial charge in [0.15, 0.2) is 0 Å². The van der Waals surface area contributed by atoms with Gasteiger partial charge in [-0.05, 0) is 40.8 Å². The fraction of sp³-hybridized carbons (Fsp3) is 0.211. The predicted octanol–water partition coefficient (Wildman–Crippen LogP) is 5.94. The van der Waals surface area contributed by atoms with E-state index in [0.29, 0.717) is 15.7 Å². The van der Waals surface area contributed by atoms with Crippen molar-refractivity contribution in [1.29, 1.82) is 0 Å². The average Bonchev–Trinajstić information content (AvgIpc) is 2.48. The Morgan fingerprint density at radius 1 is 1.04 bits per heavy atom. The van der Waals surface area contributed by atoms with Crippen molar-refractivity contribution in [2.24, 2.45) is 0 Å². The molecule has 0 unspecified atom stereocenters. The highest BCUT2D eigenvalue weighted by Crippen LogP contribution is 2.25. The molecular formula is C19H19Cl2NO. The van der Waals surface area contributed by atoms with Gasteiger partial charge in [0.1, 0.15) is 0 Å². The normalized spacial score (nSPS) is 11.7. The second-order valence-electron chi connectivity index (χ2n) is 6.32. The Bertz CT molecular complexity index is 728. The van der Waals surface area contributed by atoms with Crippen LogP contribution in [-0.2, 0) is 10.2 Å². The van der Waals surface area contributed by atoms with Crippen molar-refractivity contribution in [3.63, 3.8) is 0 Å². The quantitative estimate of drug-likeness (QED) is 0.683. The molecule has 0 saturated carbocycles. The number of carbonyl (C=O) groups excluding carboxylic acids is 1. The van der Waals surface area contributed by atoms with Crippen LogP contribution in [0.2, 0.25) is 10.0 Å². The number of carbonyl (C=O) groups is 1. The van der Waals surface area contributed by atoms with Gasteiger partial charge in [-0.3, -0.25) is 4.79 Å². The van der Waals surface area contributed by atoms with Crippen LogP contribution in [0.1, 0.15) is 31.9 Å². The molecular weight excluding hydrogens is 329 g/mol. The molecule has 2 aromatic rings. The summed E-state index contributed by atoms with van der Waals surface area (Å²) in [5.41, 5.74) is 2.83. The molecule has 0 bridgehead atoms. The summed E-state index contributed by atoms with van der Waals surface area (Å²) < 4.78 is 0. The first-order valence-electron chi connectivity index (χ1n) is 7.30. The lowest BCUT2D eigenvalue weighted by molar-refractivity contribution is -0.111. The Morgan fingerprint density at radius 2 is 1.70 bits per heavy atom. The molecule has 0 aromatic heterocycles. The summed E-state index contributed by atoms with van der Waals surface area (Å²) in [6, 6.07) is 13.1. The van der Waals surface area contributed by atoms with Gasteiger partial charge < -0.3 is 5.32 Å². The second kappa shape index (κ2) is 7.20. The number of amides is 1. The van der Waals surface area contributed by atoms with Crippen molar-refractivity contribution < 1.29 is 4.79 Å². The molecule has 0 aliphatic carbocycles. The summed E-state index contributed by atoms with van der Waals surface area (Å²) >= 11 is 11.9. The highest BCUT2D eigenvalue weighted by molar-refractivity contribution is 6.35. The molecule has 0 fully saturated rings. The molecule has 1 amide bonds. The highest BCUT2D eigenvalue weighted by atomic mass is 35.5. The van der Waals surface area contributed by atoms with E-state index >= 15 is 0 Å². The topological polar surface area (TPSA) is 29.1 Å². The maximum Gasteiger partial charge on any atom is 0.248 e. The van der Waals surface area contributed by atoms with E-state index in [2.05, 4.69) is 38.2 Å². The van der Waals surface area contributed by atoms with Gasteiger partial charge in [-0.25, -0.2) is 0 Å². The summed E-state index contributed by atoms with van der Waals surface area (Å²) in [5.74, 6) is -0.255. The maximum absolute atomic E-state index is 12.0. The number of benzene rings is 2. The molecule has 120 valence electrons. The van der Waals surface area contributed by atoms with E-state index in [0.717, 1.165) is 5.56 Å². The highest BCUT2D eigenvalue weighted by Gasteiger charge is 2.12. The third kappa shape index (κ3) is 5.12. The molecule has 2 rings (SSSR count). The molecule has 0 atom stereocenters. The van der Waals surface area contributed by atoms with Crippen molar-refractivity contribution in [1.82, 2.24) is 0 Å². The lowest BCUT2D eigenvalue weighted by Crippen LogP contribution is -2.10. The van der Waals surface area contributed by atoms with E-state index in [4.69, 9.17) is 23.2 Å². The van der Waals surface area contributed by atoms with Crippen LogP contribution in [0.4, 0.5) is 5.69 Å². The molecule has 0 saturated heterocycles. The standard InChI is InChI=1S/C19H19Cl2NO/c1-19(2,3)14-7-4-13(5-8-14)6-11-18(23)22-17-12-15(20)9-10-16(17)21/h4-12H,1-3H3,(H,22,23). The summed E-state index contributed by atoms with van der Waals surface area (Å²) in [5, 5.41) is 3.68. The lowest BCUT2D eigenvalue weighted by atomic mass is 9.87. The smallest absolute Gasteiger partial charge is 0.248 e. The average molecular weight is 348 g/mol. The van der Waals surface area contributed by atoms with Crippen LogP contribution >= 0.6 is 23.2 Å². The van der Waals surface area contributed by atoms with Gasteiger partial charge in [0.25, 0.3) is 0 Å². The summed E-state index contributed by atoms with van der Waals surface area (Å²) in [7, 11) is 0. The minimum absolute atomic E-state index is 0.114. The maximum atomic E-state index is 12.0. The molecule has 2 aromatic carbocycles. The van der Waals surface area contributed by atoms with Crippen LogP contribution in [0.5, 0.6) is 0 Å². The Kier molecular flexibility index (Phi) is 5.51. The zero-order chi connectivity index (χ0) is 17.0. The van der Waals surface area contributed by atoms with Gasteiger partial charge in [0, 0.05) is 11.1 Å². The van der Waals surface area contributed by atoms with Crippen LogP contribution in [0.15, 0.2) is 48.5 Å². The fourth-order valence-electron chi connectivity index (χ4n) is 2.03. The first-order chi connectivity index (χ1) is 10.8. The van der Waals surface area contributed by atoms with Crippen LogP contribution in [0.3, 0.4) is 0 Å². The number of halogens is 2. The van der Waals surface area contributed by atoms with Crippen LogP contribution < -0.4 is 5.32 Å². The van der Waals surface area contributed by atoms with Crippen molar-refractivity contribution in [2.45, 2.75) is 26.2 Å². The summed E-state index contributed by atoms with van der Waals surface area (Å²) in [6.45, 7) is 6.50. The molecule has 2 nitrogen and oxygen atoms in total. The van der Waals surface area contributed by atoms with E-state index in [1.54, 1.807) is 24.3 Å². The largest absolute Gasteiger partial charge is 0.321 e. The van der Waals surface area contributed by atoms with Crippen molar-refractivity contribution in [3.8, 4) is 0 Å². The fourth-order valence-corrected chi connectivity index (χ4v) is 2.37. The zero-order valence-electron chi connectivity index (χ0n) is 13.4. The molecule has 1 N–H and O–H groups in total. The SMILES string of the molecule is CC(C)(C)c1ccc(C=CC(=O)Nc2cc(Cl)ccc2Cl)cc1. The molecule has 0 aliphatic heterocycles. The molecule has 23 heavy (non-hydrogen) atoms. The summed E-state index contributed by atoms with van der Waals surface area (Å²) in [6.07, 6.45) is 3.24. The molecule has 0 heterocycles. The second-order valence-corrected chi connectivity index (χ2v) is 7.16. The zero-order valence-corrected chi connectivity index (χ0v) is 14.9. The van der Waals surface area contributed by atoms with E-state index in [1.165, 1.54) is 11.6 Å². The Labute approximate surface area is 147 Å². The predicted molar refractivity (Wildman–Crippen MR) is 99.3 cm³/mol. The van der Waals surface area contributed by atoms with Crippen molar-refractivity contribution >= 4 is 40.9 Å². The van der Waals surface area contributed by atoms with Gasteiger partial charge in [-0.15, -0.1) is 0 Å². The van der Waals surface area contributed by atoms with E-state index in [9.17, 15) is 4.79 Å². The number of rotatable bonds is 3. The number of hydrogen-bond acceptors (Lipinski definition) is 1. The minimum Gasteiger partial charge on any atom is -0.321 e. The van der Waals surface area contributed by atoms with Crippen molar-refractivity contribution in [2.75, 3.05) is 5.32 Å². The van der Waals surface area contributed by atoms with Crippen LogP contribution in [-0.4, -0.2) is 5.91 Å². The molecule has 0 radical (unpaired) electrons. The lowest BCUT2D eigenvalue weighted by Gasteiger charge is -2.18. The van der Waals surface area contributed by atoms with Crippen LogP contribution in [0.25, 0.3) is 6.08 Å². The van der Waals surface area contributed by atoms with E-state index < -0.39 is 0 Å². The molecule has 0 aliphatic rings. The Morgan fingerprint density at radius 3 is 2.30 bits per heavy atom. The number of hydrogen-bond donors (Lipinski definition) is 1. The first kappa shape index (κ1) is 17.6. The summed E-state index contributed by atoms with van der Waals surface area (Å²) in [4.78, 5) is 12.0. The third-order valence-electron chi connectivity index (χ3n) is 3.39. The van der Waals surface area contributed by atoms with Gasteiger partial charge in [-0.2, -0.15) is 0 Å². The molecule has 4 heteroatoms. The van der Waals surface area contributed by atoms with Gasteiger partial charge in [-0.1, -0.05) is 68.2 Å². The minimum atomic E-state index is -0.255. The van der Waals surface area contributed by atoms with Gasteiger partial charge in [0.2, 0.25) is 5.91 Å². The molecule has 0 spiro atoms. The number of nitrogens with one attached hydrogen (secondary N) is 1. The van der Waals surface area contributed by atoms with E-state index in [-0.39, 0.29) is 11.3 Å². The van der Waals surface area contributed by atoms with Gasteiger partial charge >= 0.3 is 0 Å². The monoisotopic (exact) mass is 347 g/mol. The van der Waals surface area contributed by atoms with Gasteiger partial charge in [0.05, 0.1) is 10.7 Å². The van der Waals surface area contributed by atoms with Crippen LogP contribution in [0, 0.1) is 0 Å². The third-order valence-corrected chi connectivity index (χ3v) is 3.95. The Balaban J connectivity index is 2.05.